The van der Waals surface area contributed by atoms with Crippen molar-refractivity contribution in [1.29, 1.82) is 0 Å². The summed E-state index contributed by atoms with van der Waals surface area (Å²) in [6, 6.07) is 1.93. The molecule has 0 spiro atoms. The van der Waals surface area contributed by atoms with Crippen LogP contribution in [0.15, 0.2) is 46.2 Å². The monoisotopic (exact) mass is 589 g/mol. The fraction of sp³-hybridized carbons (Fsp3) is 0.435. The van der Waals surface area contributed by atoms with Crippen LogP contribution in [-0.4, -0.2) is 39.8 Å². The molecule has 0 bridgehead atoms. The largest absolute Gasteiger partial charge is 0.416 e. The lowest BCUT2D eigenvalue weighted by Crippen LogP contribution is -2.53. The first kappa shape index (κ1) is 29.9. The average molecular weight is 590 g/mol. The molecule has 0 radical (unpaired) electrons. The zero-order chi connectivity index (χ0) is 29.1. The third-order valence-electron chi connectivity index (χ3n) is 6.61. The van der Waals surface area contributed by atoms with Crippen molar-refractivity contribution in [3.63, 3.8) is 0 Å². The van der Waals surface area contributed by atoms with Gasteiger partial charge in [0.1, 0.15) is 5.82 Å². The van der Waals surface area contributed by atoms with Gasteiger partial charge in [0.05, 0.1) is 31.2 Å². The fourth-order valence-corrected chi connectivity index (χ4v) is 6.85. The summed E-state index contributed by atoms with van der Waals surface area (Å²) in [4.78, 5) is 11.0. The Bertz CT molecular complexity index is 1470. The van der Waals surface area contributed by atoms with Crippen molar-refractivity contribution in [2.45, 2.75) is 59.6 Å². The average Bonchev–Trinajstić information content (AvgIpc) is 2.72. The van der Waals surface area contributed by atoms with E-state index in [2.05, 4.69) is 5.32 Å². The summed E-state index contributed by atoms with van der Waals surface area (Å²) in [5, 5.41) is 2.45. The van der Waals surface area contributed by atoms with E-state index in [1.54, 1.807) is 0 Å². The van der Waals surface area contributed by atoms with Crippen molar-refractivity contribution in [2.75, 3.05) is 6.26 Å². The number of hydrogen-bond donors (Lipinski definition) is 1. The van der Waals surface area contributed by atoms with E-state index >= 15 is 0 Å². The summed E-state index contributed by atoms with van der Waals surface area (Å²) in [6.07, 6.45) is -9.17. The second kappa shape index (κ2) is 9.50. The van der Waals surface area contributed by atoms with Crippen LogP contribution in [0.3, 0.4) is 0 Å². The highest BCUT2D eigenvalue weighted by Crippen LogP contribution is 2.44. The van der Waals surface area contributed by atoms with Crippen LogP contribution in [0.25, 0.3) is 0 Å². The van der Waals surface area contributed by atoms with Crippen LogP contribution in [0.5, 0.6) is 0 Å². The highest BCUT2D eigenvalue weighted by Gasteiger charge is 2.49. The molecule has 1 aliphatic rings. The van der Waals surface area contributed by atoms with E-state index in [1.165, 1.54) is 13.8 Å². The highest BCUT2D eigenvalue weighted by atomic mass is 32.2. The van der Waals surface area contributed by atoms with E-state index in [0.29, 0.717) is 30.5 Å². The number of amides is 1. The van der Waals surface area contributed by atoms with Crippen LogP contribution in [0.2, 0.25) is 0 Å². The smallest absolute Gasteiger partial charge is 0.349 e. The molecule has 0 heterocycles. The number of rotatable bonds is 6. The van der Waals surface area contributed by atoms with Crippen molar-refractivity contribution in [2.24, 2.45) is 5.92 Å². The maximum atomic E-state index is 13.8. The first-order valence-corrected chi connectivity index (χ1v) is 14.3. The molecule has 0 aliphatic heterocycles. The second-order valence-corrected chi connectivity index (χ2v) is 14.1. The minimum atomic E-state index is -4.98. The number of sulfone groups is 2. The topological polar surface area (TPSA) is 97.4 Å². The van der Waals surface area contributed by atoms with Gasteiger partial charge in [-0.3, -0.25) is 4.79 Å². The van der Waals surface area contributed by atoms with Gasteiger partial charge >= 0.3 is 12.4 Å². The van der Waals surface area contributed by atoms with Gasteiger partial charge in [-0.1, -0.05) is 0 Å². The molecule has 0 atom stereocenters. The summed E-state index contributed by atoms with van der Waals surface area (Å²) in [6.45, 7) is 2.50. The molecule has 1 saturated carbocycles. The first-order valence-electron chi connectivity index (χ1n) is 10.9. The zero-order valence-corrected chi connectivity index (χ0v) is 21.7. The molecule has 1 amide bonds. The zero-order valence-electron chi connectivity index (χ0n) is 20.0. The summed E-state index contributed by atoms with van der Waals surface area (Å²) in [5.74, 6) is -3.08. The number of nitrogens with one attached hydrogen (secondary N) is 1. The van der Waals surface area contributed by atoms with E-state index in [4.69, 9.17) is 0 Å². The Hall–Kier alpha value is -2.68. The first-order chi connectivity index (χ1) is 17.0. The quantitative estimate of drug-likeness (QED) is 0.477. The van der Waals surface area contributed by atoms with Crippen molar-refractivity contribution in [1.82, 2.24) is 5.32 Å². The van der Waals surface area contributed by atoms with Crippen LogP contribution in [-0.2, 0) is 32.0 Å². The summed E-state index contributed by atoms with van der Waals surface area (Å²) in [5.41, 5.74) is -3.27. The van der Waals surface area contributed by atoms with E-state index in [0.717, 1.165) is 6.07 Å². The van der Waals surface area contributed by atoms with Gasteiger partial charge in [-0.05, 0) is 69.0 Å². The third kappa shape index (κ3) is 5.82. The molecule has 0 aromatic heterocycles. The van der Waals surface area contributed by atoms with Crippen LogP contribution in [0.1, 0.15) is 48.2 Å². The molecule has 1 N–H and O–H groups in total. The Morgan fingerprint density at radius 2 is 1.42 bits per heavy atom. The second-order valence-electron chi connectivity index (χ2n) is 9.60. The normalized spacial score (nSPS) is 19.1. The van der Waals surface area contributed by atoms with E-state index < -0.39 is 86.9 Å². The van der Waals surface area contributed by atoms with Gasteiger partial charge in [-0.2, -0.15) is 26.3 Å². The molecule has 3 rings (SSSR count). The molecule has 38 heavy (non-hydrogen) atoms. The SMILES string of the molecule is CC(C)([C@H]1C[C@@H](NC(=O)c2ccc(C(F)(F)F)cc2S(C)(=O)=O)C1)S(=O)(=O)c1cc(F)cc(C(F)(F)F)c1. The van der Waals surface area contributed by atoms with Gasteiger partial charge in [0, 0.05) is 12.3 Å². The lowest BCUT2D eigenvalue weighted by atomic mass is 9.73. The van der Waals surface area contributed by atoms with Crippen LogP contribution >= 0.6 is 0 Å². The molecule has 210 valence electrons. The Balaban J connectivity index is 1.80. The highest BCUT2D eigenvalue weighted by molar-refractivity contribution is 7.92. The number of hydrogen-bond acceptors (Lipinski definition) is 5. The van der Waals surface area contributed by atoms with Crippen molar-refractivity contribution < 1.29 is 52.4 Å². The number of carbonyl (C=O) groups excluding carboxylic acids is 1. The molecule has 1 fully saturated rings. The van der Waals surface area contributed by atoms with Gasteiger partial charge in [0.25, 0.3) is 5.91 Å². The van der Waals surface area contributed by atoms with Crippen LogP contribution in [0, 0.1) is 11.7 Å². The number of alkyl halides is 6. The van der Waals surface area contributed by atoms with Crippen molar-refractivity contribution in [3.8, 4) is 0 Å². The molecular weight excluding hydrogens is 567 g/mol. The minimum absolute atomic E-state index is 0.00819. The molecule has 6 nitrogen and oxygen atoms in total. The molecule has 15 heteroatoms. The number of carbonyl (C=O) groups is 1. The molecule has 2 aromatic rings. The number of benzene rings is 2. The van der Waals surface area contributed by atoms with Gasteiger partial charge in [-0.15, -0.1) is 0 Å². The molecule has 2 aromatic carbocycles. The Kier molecular flexibility index (Phi) is 7.47. The molecular formula is C23H22F7NO5S2. The lowest BCUT2D eigenvalue weighted by molar-refractivity contribution is -0.138. The predicted octanol–water partition coefficient (Wildman–Crippen LogP) is 5.03. The maximum Gasteiger partial charge on any atom is 0.416 e. The minimum Gasteiger partial charge on any atom is -0.349 e. The van der Waals surface area contributed by atoms with E-state index in [9.17, 15) is 52.4 Å². The molecule has 0 saturated heterocycles. The summed E-state index contributed by atoms with van der Waals surface area (Å²) in [7, 11) is -8.73. The van der Waals surface area contributed by atoms with Gasteiger partial charge < -0.3 is 5.32 Å². The standard InChI is InChI=1S/C23H22F7NO5S2/c1-21(2,38(35,36)17-9-14(23(28,29)30)6-15(24)11-17)13-7-16(8-13)31-20(32)18-5-4-12(22(25,26)27)10-19(18)37(3,33)34/h4-6,9-11,13,16H,7-8H2,1-3H3,(H,31,32)/t13-,16+. The number of halogens is 7. The summed E-state index contributed by atoms with van der Waals surface area (Å²) < 4.78 is 141. The van der Waals surface area contributed by atoms with Crippen molar-refractivity contribution in [3.05, 3.63) is 58.9 Å². The van der Waals surface area contributed by atoms with Gasteiger partial charge in [0.2, 0.25) is 0 Å². The summed E-state index contributed by atoms with van der Waals surface area (Å²) >= 11 is 0. The lowest BCUT2D eigenvalue weighted by Gasteiger charge is -2.45. The van der Waals surface area contributed by atoms with E-state index in [-0.39, 0.29) is 18.9 Å². The van der Waals surface area contributed by atoms with Crippen molar-refractivity contribution >= 4 is 25.6 Å². The Morgan fingerprint density at radius 3 is 1.92 bits per heavy atom. The van der Waals surface area contributed by atoms with Gasteiger partial charge in [-0.25, -0.2) is 21.2 Å². The Labute approximate surface area is 214 Å². The fourth-order valence-electron chi connectivity index (χ4n) is 4.16. The van der Waals surface area contributed by atoms with E-state index in [1.807, 2.05) is 0 Å². The Morgan fingerprint density at radius 1 is 0.868 bits per heavy atom. The molecule has 1 aliphatic carbocycles. The third-order valence-corrected chi connectivity index (χ3v) is 10.3. The van der Waals surface area contributed by atoms with Crippen LogP contribution < -0.4 is 5.32 Å². The maximum absolute atomic E-state index is 13.8. The van der Waals surface area contributed by atoms with Crippen LogP contribution in [0.4, 0.5) is 30.7 Å². The molecule has 0 unspecified atom stereocenters. The predicted molar refractivity (Wildman–Crippen MR) is 121 cm³/mol. The van der Waals surface area contributed by atoms with Gasteiger partial charge in [0.15, 0.2) is 19.7 Å².